The molecule has 37 heavy (non-hydrogen) atoms. The Labute approximate surface area is 218 Å². The number of ether oxygens (including phenoxy) is 2. The number of nitrogens with zero attached hydrogens (tertiary/aromatic N) is 6. The number of hydrogen-bond donors (Lipinski definition) is 2. The zero-order valence-electron chi connectivity index (χ0n) is 19.8. The maximum atomic E-state index is 14.5. The highest BCUT2D eigenvalue weighted by Crippen LogP contribution is 2.39. The van der Waals surface area contributed by atoms with E-state index in [9.17, 15) is 23.4 Å². The number of rotatable bonds is 8. The maximum Gasteiger partial charge on any atom is 0.173 e. The van der Waals surface area contributed by atoms with Crippen molar-refractivity contribution in [3.05, 3.63) is 46.3 Å². The van der Waals surface area contributed by atoms with E-state index in [-0.39, 0.29) is 22.2 Å². The first kappa shape index (κ1) is 26.2. The zero-order chi connectivity index (χ0) is 26.3. The van der Waals surface area contributed by atoms with Crippen molar-refractivity contribution in [1.82, 2.24) is 30.0 Å². The van der Waals surface area contributed by atoms with Gasteiger partial charge in [-0.25, -0.2) is 22.5 Å². The molecule has 0 spiro atoms. The van der Waals surface area contributed by atoms with E-state index in [1.165, 1.54) is 30.1 Å². The average Bonchev–Trinajstić information content (AvgIpc) is 3.53. The molecule has 1 saturated heterocycles. The first-order valence-corrected chi connectivity index (χ1v) is 12.6. The van der Waals surface area contributed by atoms with Gasteiger partial charge in [0, 0.05) is 25.3 Å². The smallest absolute Gasteiger partial charge is 0.173 e. The summed E-state index contributed by atoms with van der Waals surface area (Å²) in [5.74, 6) is -2.15. The van der Waals surface area contributed by atoms with E-state index >= 15 is 0 Å². The molecule has 2 aromatic heterocycles. The van der Waals surface area contributed by atoms with Crippen LogP contribution in [-0.4, -0.2) is 85.0 Å². The second-order valence-corrected chi connectivity index (χ2v) is 10.3. The molecule has 0 unspecified atom stereocenters. The lowest BCUT2D eigenvalue weighted by Crippen LogP contribution is -2.57. The van der Waals surface area contributed by atoms with Gasteiger partial charge in [0.05, 0.1) is 34.6 Å². The van der Waals surface area contributed by atoms with Gasteiger partial charge in [0.15, 0.2) is 11.6 Å². The Balaban J connectivity index is 1.43. The Morgan fingerprint density at radius 1 is 1.16 bits per heavy atom. The zero-order valence-corrected chi connectivity index (χ0v) is 21.4. The third-order valence-corrected chi connectivity index (χ3v) is 7.95. The Morgan fingerprint density at radius 3 is 2.59 bits per heavy atom. The van der Waals surface area contributed by atoms with Crippen molar-refractivity contribution < 1.29 is 32.9 Å². The second-order valence-electron chi connectivity index (χ2n) is 9.45. The number of alkyl halides is 1. The van der Waals surface area contributed by atoms with Crippen molar-refractivity contribution in [2.45, 2.75) is 61.7 Å². The molecule has 0 amide bonds. The summed E-state index contributed by atoms with van der Waals surface area (Å²) in [4.78, 5) is 0. The molecule has 200 valence electrons. The molecule has 1 aromatic carbocycles. The topological polar surface area (TPSA) is 120 Å². The van der Waals surface area contributed by atoms with Gasteiger partial charge in [-0.3, -0.25) is 0 Å². The highest BCUT2D eigenvalue weighted by molar-refractivity contribution is 9.10. The molecule has 0 radical (unpaired) electrons. The molecule has 2 aliphatic rings. The average molecular weight is 587 g/mol. The molecule has 1 aliphatic carbocycles. The van der Waals surface area contributed by atoms with Gasteiger partial charge in [-0.05, 0) is 47.3 Å². The molecule has 1 aliphatic heterocycles. The Kier molecular flexibility index (Phi) is 7.38. The minimum Gasteiger partial charge on any atom is -0.394 e. The van der Waals surface area contributed by atoms with E-state index < -0.39 is 60.9 Å². The van der Waals surface area contributed by atoms with Crippen molar-refractivity contribution in [3.8, 4) is 11.3 Å². The fraction of sp³-hybridized carbons (Fsp3) is 0.565. The summed E-state index contributed by atoms with van der Waals surface area (Å²) in [6.45, 7) is -1.02. The van der Waals surface area contributed by atoms with E-state index in [1.54, 1.807) is 10.9 Å². The summed E-state index contributed by atoms with van der Waals surface area (Å²) in [6, 6.07) is 1.83. The van der Waals surface area contributed by atoms with Crippen LogP contribution in [0.5, 0.6) is 0 Å². The largest absolute Gasteiger partial charge is 0.394 e. The molecule has 3 aromatic rings. The SMILES string of the molecule is CO[C@@H]1[C@@H](n2cc(-c3ccc(Br)c(F)c3F)nn2)[C@@H](O)[C@@H](CO)O[C@@H]1Cc1cn(C2(CF)CCC2)nn1. The number of halogens is 4. The molecule has 14 heteroatoms. The second kappa shape index (κ2) is 10.4. The summed E-state index contributed by atoms with van der Waals surface area (Å²) in [5, 5.41) is 37.2. The summed E-state index contributed by atoms with van der Waals surface area (Å²) < 4.78 is 56.8. The molecule has 10 nitrogen and oxygen atoms in total. The molecule has 0 bridgehead atoms. The van der Waals surface area contributed by atoms with E-state index in [1.807, 2.05) is 0 Å². The van der Waals surface area contributed by atoms with Crippen LogP contribution < -0.4 is 0 Å². The molecular formula is C23H26BrF3N6O4. The molecule has 5 rings (SSSR count). The predicted molar refractivity (Wildman–Crippen MR) is 126 cm³/mol. The summed E-state index contributed by atoms with van der Waals surface area (Å²) in [6.07, 6.45) is 1.82. The Morgan fingerprint density at radius 2 is 1.95 bits per heavy atom. The fourth-order valence-electron chi connectivity index (χ4n) is 5.04. The van der Waals surface area contributed by atoms with Crippen LogP contribution >= 0.6 is 15.9 Å². The van der Waals surface area contributed by atoms with Crippen molar-refractivity contribution >= 4 is 15.9 Å². The van der Waals surface area contributed by atoms with Crippen LogP contribution in [0.15, 0.2) is 29.0 Å². The number of aliphatic hydroxyl groups is 2. The number of aliphatic hydroxyl groups excluding tert-OH is 2. The van der Waals surface area contributed by atoms with E-state index in [4.69, 9.17) is 9.47 Å². The van der Waals surface area contributed by atoms with Crippen molar-refractivity contribution in [3.63, 3.8) is 0 Å². The Hall–Kier alpha value is -2.39. The van der Waals surface area contributed by atoms with E-state index in [0.717, 1.165) is 6.42 Å². The number of benzene rings is 1. The quantitative estimate of drug-likeness (QED) is 0.386. The van der Waals surface area contributed by atoms with Crippen molar-refractivity contribution in [2.24, 2.45) is 0 Å². The van der Waals surface area contributed by atoms with Gasteiger partial charge in [-0.2, -0.15) is 0 Å². The van der Waals surface area contributed by atoms with Crippen LogP contribution in [-0.2, 0) is 21.4 Å². The van der Waals surface area contributed by atoms with Crippen molar-refractivity contribution in [1.29, 1.82) is 0 Å². The summed E-state index contributed by atoms with van der Waals surface area (Å²) in [7, 11) is 1.44. The van der Waals surface area contributed by atoms with Gasteiger partial charge in [0.1, 0.15) is 36.7 Å². The van der Waals surface area contributed by atoms with Crippen LogP contribution in [0.4, 0.5) is 13.2 Å². The van der Waals surface area contributed by atoms with Crippen molar-refractivity contribution in [2.75, 3.05) is 20.4 Å². The van der Waals surface area contributed by atoms with Gasteiger partial charge in [0.25, 0.3) is 0 Å². The standard InChI is InChI=1S/C23H26BrF3N6O4/c1-36-22-16(7-12-8-33(31-28-12)23(11-25)5-2-6-23)37-17(10-34)21(35)20(22)32-9-15(29-30-32)13-3-4-14(24)19(27)18(13)26/h3-4,8-9,16-17,20-22,34-35H,2,5-7,10-11H2,1H3/t16-,17-,20+,21+,22+/m1/s1. The maximum absolute atomic E-state index is 14.5. The van der Waals surface area contributed by atoms with Gasteiger partial charge < -0.3 is 19.7 Å². The molecule has 2 fully saturated rings. The van der Waals surface area contributed by atoms with Gasteiger partial charge in [-0.15, -0.1) is 10.2 Å². The summed E-state index contributed by atoms with van der Waals surface area (Å²) >= 11 is 2.94. The number of methoxy groups -OCH3 is 1. The minimum atomic E-state index is -1.26. The molecule has 1 saturated carbocycles. The highest BCUT2D eigenvalue weighted by Gasteiger charge is 2.47. The predicted octanol–water partition coefficient (Wildman–Crippen LogP) is 2.35. The monoisotopic (exact) mass is 586 g/mol. The van der Waals surface area contributed by atoms with Crippen LogP contribution in [0.25, 0.3) is 11.3 Å². The molecule has 2 N–H and O–H groups in total. The highest BCUT2D eigenvalue weighted by atomic mass is 79.9. The fourth-order valence-corrected chi connectivity index (χ4v) is 5.34. The van der Waals surface area contributed by atoms with Gasteiger partial charge in [0.2, 0.25) is 0 Å². The summed E-state index contributed by atoms with van der Waals surface area (Å²) in [5.41, 5.74) is -0.183. The Bertz CT molecular complexity index is 1250. The van der Waals surface area contributed by atoms with Crippen LogP contribution in [0.3, 0.4) is 0 Å². The molecule has 5 atom stereocenters. The number of hydrogen-bond acceptors (Lipinski definition) is 8. The first-order valence-electron chi connectivity index (χ1n) is 11.8. The number of aromatic nitrogens is 6. The normalized spacial score (nSPS) is 27.3. The van der Waals surface area contributed by atoms with Crippen LogP contribution in [0, 0.1) is 11.6 Å². The van der Waals surface area contributed by atoms with E-state index in [0.29, 0.717) is 18.5 Å². The van der Waals surface area contributed by atoms with E-state index in [2.05, 4.69) is 36.6 Å². The molecular weight excluding hydrogens is 561 g/mol. The first-order chi connectivity index (χ1) is 17.8. The lowest BCUT2D eigenvalue weighted by molar-refractivity contribution is -0.212. The van der Waals surface area contributed by atoms with Crippen LogP contribution in [0.1, 0.15) is 31.0 Å². The lowest BCUT2D eigenvalue weighted by Gasteiger charge is -2.43. The third-order valence-electron chi connectivity index (χ3n) is 7.33. The van der Waals surface area contributed by atoms with Gasteiger partial charge in [-0.1, -0.05) is 10.4 Å². The minimum absolute atomic E-state index is 0.0271. The molecule has 3 heterocycles. The van der Waals surface area contributed by atoms with Crippen LogP contribution in [0.2, 0.25) is 0 Å². The third kappa shape index (κ3) is 4.58. The van der Waals surface area contributed by atoms with Gasteiger partial charge >= 0.3 is 0 Å². The lowest BCUT2D eigenvalue weighted by atomic mass is 9.78.